The summed E-state index contributed by atoms with van der Waals surface area (Å²) in [5.74, 6) is -1.02. The average molecular weight is 232 g/mol. The van der Waals surface area contributed by atoms with E-state index in [-0.39, 0.29) is 5.69 Å². The maximum atomic E-state index is 10.7. The lowest BCUT2D eigenvalue weighted by atomic mass is 10.3. The molecule has 80 valence electrons. The molecule has 2 rings (SSSR count). The molecule has 0 aliphatic carbocycles. The predicted octanol–water partition coefficient (Wildman–Crippen LogP) is 2.33. The van der Waals surface area contributed by atoms with Gasteiger partial charge in [-0.1, -0.05) is 11.8 Å². The van der Waals surface area contributed by atoms with Crippen molar-refractivity contribution in [2.75, 3.05) is 0 Å². The molecular weight excluding hydrogens is 224 g/mol. The van der Waals surface area contributed by atoms with Crippen molar-refractivity contribution < 1.29 is 9.90 Å². The van der Waals surface area contributed by atoms with Crippen molar-refractivity contribution in [3.63, 3.8) is 0 Å². The Morgan fingerprint density at radius 2 is 1.81 bits per heavy atom. The molecule has 0 unspecified atom stereocenters. The predicted molar refractivity (Wildman–Crippen MR) is 59.6 cm³/mol. The summed E-state index contributed by atoms with van der Waals surface area (Å²) in [7, 11) is 0. The maximum Gasteiger partial charge on any atom is 0.354 e. The van der Waals surface area contributed by atoms with Crippen LogP contribution in [0.25, 0.3) is 0 Å². The Morgan fingerprint density at radius 1 is 1.12 bits per heavy atom. The third-order valence-corrected chi connectivity index (χ3v) is 2.83. The van der Waals surface area contributed by atoms with E-state index in [1.807, 2.05) is 12.1 Å². The van der Waals surface area contributed by atoms with Gasteiger partial charge < -0.3 is 5.11 Å². The second kappa shape index (κ2) is 4.76. The number of carbonyl (C=O) groups is 1. The topological polar surface area (TPSA) is 63.1 Å². The summed E-state index contributed by atoms with van der Waals surface area (Å²) in [6.45, 7) is 0. The Hall–Kier alpha value is -1.88. The van der Waals surface area contributed by atoms with Gasteiger partial charge in [-0.3, -0.25) is 4.98 Å². The second-order valence-electron chi connectivity index (χ2n) is 2.97. The van der Waals surface area contributed by atoms with E-state index >= 15 is 0 Å². The highest BCUT2D eigenvalue weighted by Crippen LogP contribution is 2.26. The van der Waals surface area contributed by atoms with Crippen LogP contribution in [-0.2, 0) is 0 Å². The third-order valence-electron chi connectivity index (χ3n) is 1.84. The Balaban J connectivity index is 2.22. The van der Waals surface area contributed by atoms with Gasteiger partial charge in [-0.2, -0.15) is 0 Å². The lowest BCUT2D eigenvalue weighted by molar-refractivity contribution is 0.0690. The number of rotatable bonds is 3. The molecule has 0 atom stereocenters. The molecule has 0 fully saturated rings. The van der Waals surface area contributed by atoms with Crippen molar-refractivity contribution in [2.45, 2.75) is 9.79 Å². The van der Waals surface area contributed by atoms with Gasteiger partial charge in [-0.05, 0) is 24.3 Å². The Morgan fingerprint density at radius 3 is 2.50 bits per heavy atom. The lowest BCUT2D eigenvalue weighted by Gasteiger charge is -2.01. The summed E-state index contributed by atoms with van der Waals surface area (Å²) < 4.78 is 0. The second-order valence-corrected chi connectivity index (χ2v) is 4.11. The number of pyridine rings is 2. The molecule has 0 spiro atoms. The maximum absolute atomic E-state index is 10.7. The van der Waals surface area contributed by atoms with Crippen molar-refractivity contribution in [3.05, 3.63) is 48.5 Å². The zero-order valence-electron chi connectivity index (χ0n) is 8.20. The van der Waals surface area contributed by atoms with E-state index in [1.54, 1.807) is 24.5 Å². The van der Waals surface area contributed by atoms with E-state index in [2.05, 4.69) is 9.97 Å². The van der Waals surface area contributed by atoms with E-state index in [4.69, 9.17) is 5.11 Å². The molecule has 0 aliphatic rings. The number of aromatic nitrogens is 2. The first kappa shape index (κ1) is 10.6. The van der Waals surface area contributed by atoms with Crippen LogP contribution < -0.4 is 0 Å². The van der Waals surface area contributed by atoms with Gasteiger partial charge in [-0.15, -0.1) is 0 Å². The summed E-state index contributed by atoms with van der Waals surface area (Å²) in [5, 5.41) is 8.79. The van der Waals surface area contributed by atoms with Crippen LogP contribution in [0, 0.1) is 0 Å². The molecule has 0 bridgehead atoms. The van der Waals surface area contributed by atoms with Crippen LogP contribution >= 0.6 is 11.8 Å². The number of hydrogen-bond acceptors (Lipinski definition) is 4. The molecule has 0 aromatic carbocycles. The largest absolute Gasteiger partial charge is 0.477 e. The number of carboxylic acids is 1. The minimum Gasteiger partial charge on any atom is -0.477 e. The van der Waals surface area contributed by atoms with Gasteiger partial charge in [0.25, 0.3) is 0 Å². The minimum atomic E-state index is -1.02. The molecule has 16 heavy (non-hydrogen) atoms. The van der Waals surface area contributed by atoms with Gasteiger partial charge in [0.05, 0.1) is 0 Å². The highest BCUT2D eigenvalue weighted by atomic mass is 32.2. The molecule has 4 nitrogen and oxygen atoms in total. The van der Waals surface area contributed by atoms with Gasteiger partial charge in [-0.25, -0.2) is 9.78 Å². The van der Waals surface area contributed by atoms with Crippen LogP contribution in [0.4, 0.5) is 0 Å². The van der Waals surface area contributed by atoms with E-state index in [0.717, 1.165) is 9.79 Å². The average Bonchev–Trinajstić information content (AvgIpc) is 2.30. The summed E-state index contributed by atoms with van der Waals surface area (Å²) in [5.41, 5.74) is 0.0547. The SMILES string of the molecule is O=C(O)c1cc(Sc2ccncc2)ccn1. The van der Waals surface area contributed by atoms with E-state index in [9.17, 15) is 4.79 Å². The van der Waals surface area contributed by atoms with Crippen LogP contribution in [0.2, 0.25) is 0 Å². The highest BCUT2D eigenvalue weighted by Gasteiger charge is 2.05. The molecule has 2 aromatic heterocycles. The monoisotopic (exact) mass is 232 g/mol. The fourth-order valence-corrected chi connectivity index (χ4v) is 1.96. The summed E-state index contributed by atoms with van der Waals surface area (Å²) in [6.07, 6.45) is 4.89. The molecule has 0 radical (unpaired) electrons. The van der Waals surface area contributed by atoms with Crippen LogP contribution in [0.5, 0.6) is 0 Å². The molecular formula is C11H8N2O2S. The number of hydrogen-bond donors (Lipinski definition) is 1. The van der Waals surface area contributed by atoms with Crippen molar-refractivity contribution in [1.29, 1.82) is 0 Å². The van der Waals surface area contributed by atoms with Crippen molar-refractivity contribution >= 4 is 17.7 Å². The van der Waals surface area contributed by atoms with Gasteiger partial charge >= 0.3 is 5.97 Å². The molecule has 0 saturated heterocycles. The van der Waals surface area contributed by atoms with Crippen LogP contribution in [0.1, 0.15) is 10.5 Å². The number of aromatic carboxylic acids is 1. The Bertz CT molecular complexity index is 502. The molecule has 0 saturated carbocycles. The van der Waals surface area contributed by atoms with Gasteiger partial charge in [0, 0.05) is 28.4 Å². The number of carboxylic acid groups (broad SMARTS) is 1. The quantitative estimate of drug-likeness (QED) is 0.879. The standard InChI is InChI=1S/C11H8N2O2S/c14-11(15)10-7-9(3-6-13-10)16-8-1-4-12-5-2-8/h1-7H,(H,14,15). The van der Waals surface area contributed by atoms with Gasteiger partial charge in [0.1, 0.15) is 5.69 Å². The smallest absolute Gasteiger partial charge is 0.354 e. The summed E-state index contributed by atoms with van der Waals surface area (Å²) in [6, 6.07) is 7.06. The molecule has 0 amide bonds. The molecule has 1 N–H and O–H groups in total. The van der Waals surface area contributed by atoms with Crippen LogP contribution in [-0.4, -0.2) is 21.0 Å². The fraction of sp³-hybridized carbons (Fsp3) is 0. The zero-order valence-corrected chi connectivity index (χ0v) is 9.02. The Kier molecular flexibility index (Phi) is 3.16. The van der Waals surface area contributed by atoms with E-state index in [0.29, 0.717) is 0 Å². The molecule has 2 aromatic rings. The van der Waals surface area contributed by atoms with Crippen molar-refractivity contribution in [2.24, 2.45) is 0 Å². The first-order valence-corrected chi connectivity index (χ1v) is 5.34. The van der Waals surface area contributed by atoms with Gasteiger partial charge in [0.15, 0.2) is 0 Å². The third kappa shape index (κ3) is 2.58. The fourth-order valence-electron chi connectivity index (χ4n) is 1.13. The van der Waals surface area contributed by atoms with Crippen molar-refractivity contribution in [3.8, 4) is 0 Å². The molecule has 0 aliphatic heterocycles. The lowest BCUT2D eigenvalue weighted by Crippen LogP contribution is -1.99. The van der Waals surface area contributed by atoms with E-state index < -0.39 is 5.97 Å². The van der Waals surface area contributed by atoms with Crippen LogP contribution in [0.15, 0.2) is 52.6 Å². The van der Waals surface area contributed by atoms with E-state index in [1.165, 1.54) is 18.0 Å². The zero-order chi connectivity index (χ0) is 11.4. The first-order chi connectivity index (χ1) is 7.75. The molecule has 5 heteroatoms. The van der Waals surface area contributed by atoms with Gasteiger partial charge in [0.2, 0.25) is 0 Å². The normalized spacial score (nSPS) is 10.0. The minimum absolute atomic E-state index is 0.0547. The van der Waals surface area contributed by atoms with Crippen LogP contribution in [0.3, 0.4) is 0 Å². The summed E-state index contributed by atoms with van der Waals surface area (Å²) >= 11 is 1.48. The Labute approximate surface area is 96.4 Å². The summed E-state index contributed by atoms with van der Waals surface area (Å²) in [4.78, 5) is 20.2. The number of nitrogens with zero attached hydrogens (tertiary/aromatic N) is 2. The molecule has 2 heterocycles. The van der Waals surface area contributed by atoms with Crippen molar-refractivity contribution in [1.82, 2.24) is 9.97 Å². The highest BCUT2D eigenvalue weighted by molar-refractivity contribution is 7.99. The first-order valence-electron chi connectivity index (χ1n) is 4.53.